The van der Waals surface area contributed by atoms with Crippen LogP contribution in [-0.2, 0) is 5.41 Å². The van der Waals surface area contributed by atoms with E-state index in [9.17, 15) is 8.78 Å². The fourth-order valence-electron chi connectivity index (χ4n) is 2.56. The van der Waals surface area contributed by atoms with Crippen molar-refractivity contribution in [3.8, 4) is 0 Å². The maximum atomic E-state index is 14.1. The molecule has 2 rings (SSSR count). The summed E-state index contributed by atoms with van der Waals surface area (Å²) < 4.78 is 27.7. The van der Waals surface area contributed by atoms with Crippen molar-refractivity contribution in [2.75, 3.05) is 11.9 Å². The number of aliphatic imine (C=N–C) groups is 1. The van der Waals surface area contributed by atoms with E-state index >= 15 is 0 Å². The van der Waals surface area contributed by atoms with Gasteiger partial charge in [-0.05, 0) is 30.7 Å². The second-order valence-electron chi connectivity index (χ2n) is 5.61. The van der Waals surface area contributed by atoms with Crippen molar-refractivity contribution in [3.63, 3.8) is 0 Å². The maximum absolute atomic E-state index is 14.1. The van der Waals surface area contributed by atoms with Crippen LogP contribution < -0.4 is 5.32 Å². The van der Waals surface area contributed by atoms with Gasteiger partial charge in [0.15, 0.2) is 0 Å². The highest BCUT2D eigenvalue weighted by atomic mass is 19.1. The molecule has 1 heterocycles. The Kier molecular flexibility index (Phi) is 4.21. The van der Waals surface area contributed by atoms with Gasteiger partial charge in [0.2, 0.25) is 0 Å². The predicted molar refractivity (Wildman–Crippen MR) is 79.6 cm³/mol. The van der Waals surface area contributed by atoms with Gasteiger partial charge in [-0.1, -0.05) is 19.9 Å². The summed E-state index contributed by atoms with van der Waals surface area (Å²) in [5.74, 6) is -1.12. The van der Waals surface area contributed by atoms with Crippen molar-refractivity contribution >= 4 is 11.9 Å². The second-order valence-corrected chi connectivity index (χ2v) is 5.61. The maximum Gasteiger partial charge on any atom is 0.149 e. The van der Waals surface area contributed by atoms with Crippen molar-refractivity contribution < 1.29 is 8.78 Å². The van der Waals surface area contributed by atoms with Crippen LogP contribution in [-0.4, -0.2) is 18.8 Å². The molecule has 1 aromatic carbocycles. The molecule has 0 saturated carbocycles. The molecule has 0 aliphatic carbocycles. The Morgan fingerprint density at radius 3 is 2.85 bits per heavy atom. The standard InChI is InChI=1S/C16H20F2N2/c1-4-14-16(2,3)12-9-11(17)10-13(18)15(12)20-8-6-5-7-19-14/h4,7,9-10,14,20H,1,5-6,8H2,2-3H3. The van der Waals surface area contributed by atoms with Gasteiger partial charge < -0.3 is 5.32 Å². The largest absolute Gasteiger partial charge is 0.382 e. The topological polar surface area (TPSA) is 24.4 Å². The number of hydrogen-bond donors (Lipinski definition) is 1. The minimum atomic E-state index is -0.569. The minimum absolute atomic E-state index is 0.220. The van der Waals surface area contributed by atoms with Crippen LogP contribution in [0.4, 0.5) is 14.5 Å². The zero-order chi connectivity index (χ0) is 14.8. The van der Waals surface area contributed by atoms with Crippen molar-refractivity contribution in [3.05, 3.63) is 42.0 Å². The molecule has 1 unspecified atom stereocenters. The first-order valence-corrected chi connectivity index (χ1v) is 6.84. The van der Waals surface area contributed by atoms with E-state index in [2.05, 4.69) is 16.9 Å². The van der Waals surface area contributed by atoms with E-state index in [0.29, 0.717) is 17.8 Å². The van der Waals surface area contributed by atoms with E-state index in [1.54, 1.807) is 6.08 Å². The van der Waals surface area contributed by atoms with Crippen LogP contribution in [0.5, 0.6) is 0 Å². The number of nitrogens with one attached hydrogen (secondary N) is 1. The Labute approximate surface area is 118 Å². The van der Waals surface area contributed by atoms with E-state index < -0.39 is 17.0 Å². The van der Waals surface area contributed by atoms with Gasteiger partial charge >= 0.3 is 0 Å². The third-order valence-electron chi connectivity index (χ3n) is 3.79. The number of hydrogen-bond acceptors (Lipinski definition) is 2. The van der Waals surface area contributed by atoms with E-state index in [0.717, 1.165) is 18.9 Å². The Morgan fingerprint density at radius 2 is 2.15 bits per heavy atom. The minimum Gasteiger partial charge on any atom is -0.382 e. The van der Waals surface area contributed by atoms with Crippen molar-refractivity contribution in [1.82, 2.24) is 0 Å². The highest BCUT2D eigenvalue weighted by Gasteiger charge is 2.33. The zero-order valence-electron chi connectivity index (χ0n) is 11.9. The molecule has 20 heavy (non-hydrogen) atoms. The quantitative estimate of drug-likeness (QED) is 0.769. The lowest BCUT2D eigenvalue weighted by molar-refractivity contribution is 0.461. The molecule has 0 aromatic heterocycles. The molecule has 1 aliphatic rings. The molecule has 1 N–H and O–H groups in total. The summed E-state index contributed by atoms with van der Waals surface area (Å²) in [5, 5.41) is 3.09. The number of fused-ring (bicyclic) bond motifs is 1. The van der Waals surface area contributed by atoms with E-state index in [1.165, 1.54) is 6.07 Å². The fourth-order valence-corrected chi connectivity index (χ4v) is 2.56. The Hall–Kier alpha value is -1.71. The second kappa shape index (κ2) is 5.73. The monoisotopic (exact) mass is 278 g/mol. The van der Waals surface area contributed by atoms with Gasteiger partial charge in [-0.25, -0.2) is 8.78 Å². The number of benzene rings is 1. The van der Waals surface area contributed by atoms with Crippen LogP contribution in [0.25, 0.3) is 0 Å². The zero-order valence-corrected chi connectivity index (χ0v) is 11.9. The molecule has 108 valence electrons. The molecule has 2 nitrogen and oxygen atoms in total. The number of anilines is 1. The van der Waals surface area contributed by atoms with Crippen molar-refractivity contribution in [2.24, 2.45) is 4.99 Å². The predicted octanol–water partition coefficient (Wildman–Crippen LogP) is 4.07. The fraction of sp³-hybridized carbons (Fsp3) is 0.438. The molecule has 0 radical (unpaired) electrons. The molecule has 1 atom stereocenters. The molecular weight excluding hydrogens is 258 g/mol. The lowest BCUT2D eigenvalue weighted by Crippen LogP contribution is -2.33. The van der Waals surface area contributed by atoms with Gasteiger partial charge in [-0.3, -0.25) is 4.99 Å². The molecule has 0 amide bonds. The molecule has 1 aliphatic heterocycles. The van der Waals surface area contributed by atoms with Gasteiger partial charge in [0.25, 0.3) is 0 Å². The lowest BCUT2D eigenvalue weighted by Gasteiger charge is -2.33. The Balaban J connectivity index is 2.61. The Bertz CT molecular complexity index is 536. The molecule has 0 spiro atoms. The first-order valence-electron chi connectivity index (χ1n) is 6.84. The van der Waals surface area contributed by atoms with E-state index in [4.69, 9.17) is 0 Å². The van der Waals surface area contributed by atoms with Gasteiger partial charge in [-0.15, -0.1) is 6.58 Å². The molecule has 0 bridgehead atoms. The van der Waals surface area contributed by atoms with Crippen LogP contribution in [0, 0.1) is 11.6 Å². The average Bonchev–Trinajstić information content (AvgIpc) is 2.38. The van der Waals surface area contributed by atoms with Gasteiger partial charge in [0.05, 0.1) is 11.7 Å². The summed E-state index contributed by atoms with van der Waals surface area (Å²) in [6, 6.07) is 2.08. The molecular formula is C16H20F2N2. The SMILES string of the molecule is C=CC1N=CCCCNc2c(F)cc(F)cc2C1(C)C. The highest BCUT2D eigenvalue weighted by Crippen LogP contribution is 2.37. The number of nitrogens with zero attached hydrogens (tertiary/aromatic N) is 1. The smallest absolute Gasteiger partial charge is 0.149 e. The Morgan fingerprint density at radius 1 is 1.40 bits per heavy atom. The molecule has 0 fully saturated rings. The highest BCUT2D eigenvalue weighted by molar-refractivity contribution is 5.61. The first kappa shape index (κ1) is 14.7. The number of rotatable bonds is 1. The summed E-state index contributed by atoms with van der Waals surface area (Å²) in [4.78, 5) is 4.50. The third-order valence-corrected chi connectivity index (χ3v) is 3.79. The summed E-state index contributed by atoms with van der Waals surface area (Å²) in [7, 11) is 0. The molecule has 4 heteroatoms. The lowest BCUT2D eigenvalue weighted by atomic mass is 9.76. The van der Waals surface area contributed by atoms with Gasteiger partial charge in [0, 0.05) is 18.0 Å². The summed E-state index contributed by atoms with van der Waals surface area (Å²) in [6.45, 7) is 8.29. The van der Waals surface area contributed by atoms with E-state index in [1.807, 2.05) is 20.1 Å². The summed E-state index contributed by atoms with van der Waals surface area (Å²) in [6.07, 6.45) is 5.27. The number of halogens is 2. The van der Waals surface area contributed by atoms with Crippen LogP contribution >= 0.6 is 0 Å². The van der Waals surface area contributed by atoms with Crippen molar-refractivity contribution in [1.29, 1.82) is 0 Å². The molecule has 0 saturated heterocycles. The van der Waals surface area contributed by atoms with Gasteiger partial charge in [-0.2, -0.15) is 0 Å². The third kappa shape index (κ3) is 2.74. The van der Waals surface area contributed by atoms with Crippen LogP contribution in [0.15, 0.2) is 29.8 Å². The van der Waals surface area contributed by atoms with Gasteiger partial charge in [0.1, 0.15) is 11.6 Å². The normalized spacial score (nSPS) is 21.7. The summed E-state index contributed by atoms with van der Waals surface area (Å²) in [5.41, 5.74) is 0.431. The van der Waals surface area contributed by atoms with Crippen molar-refractivity contribution in [2.45, 2.75) is 38.1 Å². The van der Waals surface area contributed by atoms with Crippen LogP contribution in [0.2, 0.25) is 0 Å². The van der Waals surface area contributed by atoms with Crippen LogP contribution in [0.1, 0.15) is 32.3 Å². The first-order chi connectivity index (χ1) is 9.46. The van der Waals surface area contributed by atoms with E-state index in [-0.39, 0.29) is 6.04 Å². The molecule has 1 aromatic rings. The average molecular weight is 278 g/mol. The summed E-state index contributed by atoms with van der Waals surface area (Å²) >= 11 is 0. The van der Waals surface area contributed by atoms with Crippen LogP contribution in [0.3, 0.4) is 0 Å².